The fourth-order valence-corrected chi connectivity index (χ4v) is 1.58. The fraction of sp³-hybridized carbons (Fsp3) is 0. The summed E-state index contributed by atoms with van der Waals surface area (Å²) in [6.07, 6.45) is 1.49. The number of aromatic nitrogens is 2. The highest BCUT2D eigenvalue weighted by atomic mass is 79.9. The molecule has 0 unspecified atom stereocenters. The van der Waals surface area contributed by atoms with Crippen LogP contribution in [0.4, 0.5) is 5.82 Å². The summed E-state index contributed by atoms with van der Waals surface area (Å²) in [6, 6.07) is 7.43. The number of rotatable bonds is 3. The number of carbonyl (C=O) groups excluding carboxylic acids is 1. The van der Waals surface area contributed by atoms with E-state index in [0.29, 0.717) is 0 Å². The SMILES string of the molecule is Nc1nonc1C(=O)NN=Cc1cccc(Br)c1. The highest BCUT2D eigenvalue weighted by Gasteiger charge is 2.14. The molecule has 3 N–H and O–H groups in total. The maximum absolute atomic E-state index is 11.5. The number of nitrogens with zero attached hydrogens (tertiary/aromatic N) is 3. The van der Waals surface area contributed by atoms with E-state index in [4.69, 9.17) is 5.73 Å². The summed E-state index contributed by atoms with van der Waals surface area (Å²) in [7, 11) is 0. The van der Waals surface area contributed by atoms with E-state index in [0.717, 1.165) is 10.0 Å². The summed E-state index contributed by atoms with van der Waals surface area (Å²) in [4.78, 5) is 11.5. The molecule has 7 nitrogen and oxygen atoms in total. The lowest BCUT2D eigenvalue weighted by molar-refractivity contribution is 0.0946. The predicted octanol–water partition coefficient (Wildman–Crippen LogP) is 1.18. The highest BCUT2D eigenvalue weighted by Crippen LogP contribution is 2.09. The Labute approximate surface area is 110 Å². The molecule has 1 amide bonds. The molecule has 0 saturated carbocycles. The molecule has 0 aliphatic rings. The number of anilines is 1. The van der Waals surface area contributed by atoms with Crippen LogP contribution in [0.1, 0.15) is 16.1 Å². The Morgan fingerprint density at radius 2 is 2.33 bits per heavy atom. The summed E-state index contributed by atoms with van der Waals surface area (Å²) >= 11 is 3.33. The predicted molar refractivity (Wildman–Crippen MR) is 67.9 cm³/mol. The van der Waals surface area contributed by atoms with Crippen molar-refractivity contribution in [1.29, 1.82) is 0 Å². The molecular formula is C10H8BrN5O2. The molecule has 8 heteroatoms. The van der Waals surface area contributed by atoms with Crippen molar-refractivity contribution in [2.45, 2.75) is 0 Å². The number of hydrazone groups is 1. The third-order valence-electron chi connectivity index (χ3n) is 1.96. The Balaban J connectivity index is 2.00. The Morgan fingerprint density at radius 1 is 1.50 bits per heavy atom. The van der Waals surface area contributed by atoms with Gasteiger partial charge in [-0.15, -0.1) is 0 Å². The number of nitrogens with one attached hydrogen (secondary N) is 1. The van der Waals surface area contributed by atoms with Gasteiger partial charge in [0.1, 0.15) is 0 Å². The van der Waals surface area contributed by atoms with Crippen LogP contribution in [0.3, 0.4) is 0 Å². The molecular weight excluding hydrogens is 302 g/mol. The number of carbonyl (C=O) groups is 1. The number of benzene rings is 1. The lowest BCUT2D eigenvalue weighted by Crippen LogP contribution is -2.19. The molecule has 92 valence electrons. The van der Waals surface area contributed by atoms with Crippen molar-refractivity contribution < 1.29 is 9.42 Å². The average molecular weight is 310 g/mol. The summed E-state index contributed by atoms with van der Waals surface area (Å²) < 4.78 is 5.22. The van der Waals surface area contributed by atoms with Gasteiger partial charge in [-0.05, 0) is 28.0 Å². The molecule has 2 aromatic rings. The van der Waals surface area contributed by atoms with Gasteiger partial charge in [-0.1, -0.05) is 28.1 Å². The van der Waals surface area contributed by atoms with E-state index in [1.807, 2.05) is 24.3 Å². The lowest BCUT2D eigenvalue weighted by atomic mass is 10.2. The van der Waals surface area contributed by atoms with Crippen LogP contribution in [0.25, 0.3) is 0 Å². The number of halogens is 1. The van der Waals surface area contributed by atoms with Crippen molar-refractivity contribution in [3.63, 3.8) is 0 Å². The summed E-state index contributed by atoms with van der Waals surface area (Å²) in [6.45, 7) is 0. The van der Waals surface area contributed by atoms with Gasteiger partial charge < -0.3 is 5.73 Å². The second-order valence-corrected chi connectivity index (χ2v) is 4.17. The molecule has 1 aromatic heterocycles. The van der Waals surface area contributed by atoms with Gasteiger partial charge in [-0.2, -0.15) is 5.10 Å². The topological polar surface area (TPSA) is 106 Å². The van der Waals surface area contributed by atoms with Crippen molar-refractivity contribution >= 4 is 33.9 Å². The first-order valence-corrected chi connectivity index (χ1v) is 5.63. The van der Waals surface area contributed by atoms with Crippen LogP contribution >= 0.6 is 15.9 Å². The Hall–Kier alpha value is -2.22. The summed E-state index contributed by atoms with van der Waals surface area (Å²) in [5, 5.41) is 10.4. The molecule has 1 heterocycles. The molecule has 0 aliphatic heterocycles. The van der Waals surface area contributed by atoms with Gasteiger partial charge in [-0.25, -0.2) is 10.1 Å². The van der Waals surface area contributed by atoms with Crippen molar-refractivity contribution in [3.05, 3.63) is 40.0 Å². The van der Waals surface area contributed by atoms with Crippen LogP contribution in [0, 0.1) is 0 Å². The molecule has 1 aromatic carbocycles. The van der Waals surface area contributed by atoms with Crippen LogP contribution in [0.5, 0.6) is 0 Å². The molecule has 0 atom stereocenters. The Kier molecular flexibility index (Phi) is 3.68. The van der Waals surface area contributed by atoms with Gasteiger partial charge >= 0.3 is 0 Å². The Morgan fingerprint density at radius 3 is 3.00 bits per heavy atom. The number of hydrogen-bond acceptors (Lipinski definition) is 6. The summed E-state index contributed by atoms with van der Waals surface area (Å²) in [5.74, 6) is -0.662. The quantitative estimate of drug-likeness (QED) is 0.654. The zero-order chi connectivity index (χ0) is 13.0. The smallest absolute Gasteiger partial charge is 0.297 e. The van der Waals surface area contributed by atoms with E-state index in [1.54, 1.807) is 0 Å². The van der Waals surface area contributed by atoms with Crippen molar-refractivity contribution in [2.75, 3.05) is 5.73 Å². The maximum Gasteiger partial charge on any atom is 0.297 e. The normalized spacial score (nSPS) is 10.7. The third kappa shape index (κ3) is 2.92. The highest BCUT2D eigenvalue weighted by molar-refractivity contribution is 9.10. The van der Waals surface area contributed by atoms with Crippen LogP contribution in [0.2, 0.25) is 0 Å². The van der Waals surface area contributed by atoms with E-state index < -0.39 is 5.91 Å². The minimum Gasteiger partial charge on any atom is -0.379 e. The van der Waals surface area contributed by atoms with Gasteiger partial charge in [-0.3, -0.25) is 4.79 Å². The number of nitrogens with two attached hydrogens (primary N) is 1. The molecule has 0 radical (unpaired) electrons. The first kappa shape index (κ1) is 12.2. The van der Waals surface area contributed by atoms with Crippen molar-refractivity contribution in [3.8, 4) is 0 Å². The largest absolute Gasteiger partial charge is 0.379 e. The van der Waals surface area contributed by atoms with E-state index >= 15 is 0 Å². The maximum atomic E-state index is 11.5. The average Bonchev–Trinajstić information content (AvgIpc) is 2.75. The van der Waals surface area contributed by atoms with Gasteiger partial charge in [0.25, 0.3) is 5.91 Å². The van der Waals surface area contributed by atoms with Crippen molar-refractivity contribution in [2.24, 2.45) is 5.10 Å². The molecule has 0 aliphatic carbocycles. The fourth-order valence-electron chi connectivity index (χ4n) is 1.16. The van der Waals surface area contributed by atoms with Gasteiger partial charge in [0.15, 0.2) is 0 Å². The third-order valence-corrected chi connectivity index (χ3v) is 2.45. The van der Waals surface area contributed by atoms with E-state index in [-0.39, 0.29) is 11.5 Å². The number of hydrogen-bond donors (Lipinski definition) is 2. The molecule has 2 rings (SSSR count). The van der Waals surface area contributed by atoms with Crippen LogP contribution in [0.15, 0.2) is 38.5 Å². The molecule has 18 heavy (non-hydrogen) atoms. The van der Waals surface area contributed by atoms with E-state index in [2.05, 4.69) is 41.4 Å². The minimum atomic E-state index is -0.583. The van der Waals surface area contributed by atoms with Gasteiger partial charge in [0.2, 0.25) is 11.5 Å². The molecule has 0 bridgehead atoms. The van der Waals surface area contributed by atoms with Gasteiger partial charge in [0, 0.05) is 4.47 Å². The van der Waals surface area contributed by atoms with Crippen LogP contribution in [-0.2, 0) is 0 Å². The first-order chi connectivity index (χ1) is 8.66. The standard InChI is InChI=1S/C10H8BrN5O2/c11-7-3-1-2-6(4-7)5-13-14-10(17)8-9(12)16-18-15-8/h1-5H,(H2,12,16)(H,14,17). The van der Waals surface area contributed by atoms with Crippen LogP contribution < -0.4 is 11.2 Å². The lowest BCUT2D eigenvalue weighted by Gasteiger charge is -1.96. The minimum absolute atomic E-state index is 0.0786. The van der Waals surface area contributed by atoms with E-state index in [1.165, 1.54) is 6.21 Å². The van der Waals surface area contributed by atoms with Crippen LogP contribution in [-0.4, -0.2) is 22.4 Å². The number of nitrogen functional groups attached to an aromatic ring is 1. The molecule has 0 saturated heterocycles. The zero-order valence-corrected chi connectivity index (χ0v) is 10.6. The monoisotopic (exact) mass is 309 g/mol. The first-order valence-electron chi connectivity index (χ1n) is 4.84. The number of amides is 1. The van der Waals surface area contributed by atoms with E-state index in [9.17, 15) is 4.79 Å². The Bertz CT molecular complexity index is 595. The zero-order valence-electron chi connectivity index (χ0n) is 9.00. The van der Waals surface area contributed by atoms with Crippen molar-refractivity contribution in [1.82, 2.24) is 15.7 Å². The van der Waals surface area contributed by atoms with Gasteiger partial charge in [0.05, 0.1) is 6.21 Å². The second kappa shape index (κ2) is 5.41. The summed E-state index contributed by atoms with van der Waals surface area (Å²) in [5.41, 5.74) is 8.36. The molecule has 0 fully saturated rings. The molecule has 0 spiro atoms. The second-order valence-electron chi connectivity index (χ2n) is 3.25.